The molecule has 6 heteroatoms. The fourth-order valence-electron chi connectivity index (χ4n) is 4.77. The van der Waals surface area contributed by atoms with Gasteiger partial charge >= 0.3 is 6.09 Å². The fraction of sp³-hybridized carbons (Fsp3) is 0.259. The number of hydrogen-bond acceptors (Lipinski definition) is 5. The Hall–Kier alpha value is -3.64. The Balaban J connectivity index is 1.49. The second-order valence-corrected chi connectivity index (χ2v) is 8.48. The monoisotopic (exact) mass is 442 g/mol. The summed E-state index contributed by atoms with van der Waals surface area (Å²) in [6.07, 6.45) is -0.453. The van der Waals surface area contributed by atoms with Crippen molar-refractivity contribution in [3.8, 4) is 0 Å². The summed E-state index contributed by atoms with van der Waals surface area (Å²) in [5.41, 5.74) is 2.87. The molecule has 4 atom stereocenters. The van der Waals surface area contributed by atoms with Crippen LogP contribution >= 0.6 is 0 Å². The second-order valence-electron chi connectivity index (χ2n) is 8.48. The molecule has 0 aromatic heterocycles. The van der Waals surface area contributed by atoms with Crippen molar-refractivity contribution >= 4 is 17.7 Å². The lowest BCUT2D eigenvalue weighted by molar-refractivity contribution is -0.135. The molecule has 0 spiro atoms. The summed E-state index contributed by atoms with van der Waals surface area (Å²) in [4.78, 5) is 34.2. The Morgan fingerprint density at radius 2 is 1.52 bits per heavy atom. The third-order valence-corrected chi connectivity index (χ3v) is 6.33. The topological polar surface area (TPSA) is 59.1 Å². The van der Waals surface area contributed by atoms with Gasteiger partial charge < -0.3 is 4.74 Å². The van der Waals surface area contributed by atoms with Crippen LogP contribution < -0.4 is 5.06 Å². The zero-order chi connectivity index (χ0) is 22.8. The number of rotatable bonds is 5. The Morgan fingerprint density at radius 1 is 0.909 bits per heavy atom. The predicted octanol–water partition coefficient (Wildman–Crippen LogP) is 4.77. The van der Waals surface area contributed by atoms with Gasteiger partial charge in [-0.05, 0) is 36.6 Å². The number of hydroxylamine groups is 1. The Kier molecular flexibility index (Phi) is 5.84. The van der Waals surface area contributed by atoms with Crippen LogP contribution in [0.2, 0.25) is 0 Å². The zero-order valence-electron chi connectivity index (χ0n) is 18.4. The van der Waals surface area contributed by atoms with Crippen molar-refractivity contribution in [1.29, 1.82) is 0 Å². The third-order valence-electron chi connectivity index (χ3n) is 6.33. The average Bonchev–Trinajstić information content (AvgIpc) is 3.40. The molecule has 5 rings (SSSR count). The minimum absolute atomic E-state index is 0.194. The molecule has 0 unspecified atom stereocenters. The molecule has 6 nitrogen and oxygen atoms in total. The summed E-state index contributed by atoms with van der Waals surface area (Å²) in [7, 11) is 0. The standard InChI is InChI=1S/C27H26N2O4/c1-19-24(26(30)28-23(18-32-27(28)31)17-20-11-5-2-6-12-20)25(21-13-7-3-8-14-21)29(33-19)22-15-9-4-10-16-22/h2-16,19,23-25H,17-18H2,1H3/t19-,23-,24-,25-/m0/s1. The van der Waals surface area contributed by atoms with Crippen LogP contribution in [0, 0.1) is 5.92 Å². The van der Waals surface area contributed by atoms with Gasteiger partial charge in [0.2, 0.25) is 5.91 Å². The first-order valence-corrected chi connectivity index (χ1v) is 11.2. The quantitative estimate of drug-likeness (QED) is 0.570. The number of carbonyl (C=O) groups is 2. The van der Waals surface area contributed by atoms with Crippen molar-refractivity contribution < 1.29 is 19.2 Å². The summed E-state index contributed by atoms with van der Waals surface area (Å²) >= 11 is 0. The van der Waals surface area contributed by atoms with Gasteiger partial charge in [-0.15, -0.1) is 0 Å². The van der Waals surface area contributed by atoms with Gasteiger partial charge in [0.05, 0.1) is 29.8 Å². The van der Waals surface area contributed by atoms with Gasteiger partial charge in [0.25, 0.3) is 0 Å². The van der Waals surface area contributed by atoms with Gasteiger partial charge in [0.15, 0.2) is 0 Å². The van der Waals surface area contributed by atoms with Crippen molar-refractivity contribution in [2.75, 3.05) is 11.7 Å². The first kappa shape index (κ1) is 21.2. The molecule has 2 aliphatic rings. The van der Waals surface area contributed by atoms with E-state index in [1.807, 2.05) is 97.9 Å². The van der Waals surface area contributed by atoms with Crippen LogP contribution in [0.5, 0.6) is 0 Å². The Bertz CT molecular complexity index is 1110. The van der Waals surface area contributed by atoms with Crippen LogP contribution in [0.25, 0.3) is 0 Å². The fourth-order valence-corrected chi connectivity index (χ4v) is 4.77. The van der Waals surface area contributed by atoms with E-state index in [9.17, 15) is 9.59 Å². The van der Waals surface area contributed by atoms with E-state index in [-0.39, 0.29) is 24.6 Å². The van der Waals surface area contributed by atoms with Crippen LogP contribution in [0.15, 0.2) is 91.0 Å². The molecule has 3 aromatic rings. The first-order chi connectivity index (χ1) is 16.1. The van der Waals surface area contributed by atoms with Gasteiger partial charge in [-0.1, -0.05) is 78.9 Å². The highest BCUT2D eigenvalue weighted by Gasteiger charge is 2.51. The maximum Gasteiger partial charge on any atom is 0.416 e. The summed E-state index contributed by atoms with van der Waals surface area (Å²) in [5, 5.41) is 1.80. The maximum atomic E-state index is 13.9. The van der Waals surface area contributed by atoms with Gasteiger partial charge in [0, 0.05) is 0 Å². The van der Waals surface area contributed by atoms with E-state index in [4.69, 9.17) is 9.57 Å². The van der Waals surface area contributed by atoms with Crippen molar-refractivity contribution in [3.05, 3.63) is 102 Å². The maximum absolute atomic E-state index is 13.9. The minimum Gasteiger partial charge on any atom is -0.447 e. The van der Waals surface area contributed by atoms with Gasteiger partial charge in [-0.3, -0.25) is 9.63 Å². The van der Waals surface area contributed by atoms with E-state index < -0.39 is 18.1 Å². The van der Waals surface area contributed by atoms with E-state index in [1.54, 1.807) is 5.06 Å². The van der Waals surface area contributed by atoms with Gasteiger partial charge in [-0.2, -0.15) is 0 Å². The molecule has 0 saturated carbocycles. The van der Waals surface area contributed by atoms with Crippen LogP contribution in [0.4, 0.5) is 10.5 Å². The van der Waals surface area contributed by atoms with Crippen molar-refractivity contribution in [2.24, 2.45) is 5.92 Å². The smallest absolute Gasteiger partial charge is 0.416 e. The van der Waals surface area contributed by atoms with E-state index in [2.05, 4.69) is 0 Å². The molecule has 0 radical (unpaired) electrons. The number of anilines is 1. The van der Waals surface area contributed by atoms with Crippen LogP contribution in [-0.2, 0) is 20.8 Å². The number of amides is 2. The third kappa shape index (κ3) is 4.10. The lowest BCUT2D eigenvalue weighted by Gasteiger charge is -2.29. The second kappa shape index (κ2) is 9.08. The highest BCUT2D eigenvalue weighted by atomic mass is 16.7. The molecule has 0 bridgehead atoms. The van der Waals surface area contributed by atoms with Crippen molar-refractivity contribution in [3.63, 3.8) is 0 Å². The highest BCUT2D eigenvalue weighted by Crippen LogP contribution is 2.43. The molecule has 2 fully saturated rings. The number of nitrogens with zero attached hydrogens (tertiary/aromatic N) is 2. The molecular formula is C27H26N2O4. The lowest BCUT2D eigenvalue weighted by atomic mass is 9.88. The molecule has 0 aliphatic carbocycles. The SMILES string of the molecule is C[C@@H]1ON(c2ccccc2)[C@@H](c2ccccc2)[C@H]1C(=O)N1C(=O)OC[C@@H]1Cc1ccccc1. The number of ether oxygens (including phenoxy) is 1. The number of para-hydroxylation sites is 1. The van der Waals surface area contributed by atoms with Crippen molar-refractivity contribution in [1.82, 2.24) is 4.90 Å². The van der Waals surface area contributed by atoms with Crippen LogP contribution in [0.3, 0.4) is 0 Å². The number of cyclic esters (lactones) is 1. The summed E-state index contributed by atoms with van der Waals surface area (Å²) in [5.74, 6) is -0.838. The number of benzene rings is 3. The Labute approximate surface area is 193 Å². The van der Waals surface area contributed by atoms with Crippen LogP contribution in [0.1, 0.15) is 24.1 Å². The summed E-state index contributed by atoms with van der Waals surface area (Å²) in [6.45, 7) is 2.08. The number of imide groups is 1. The molecule has 168 valence electrons. The van der Waals surface area contributed by atoms with E-state index >= 15 is 0 Å². The largest absolute Gasteiger partial charge is 0.447 e. The normalized spacial score (nSPS) is 24.7. The molecule has 2 amide bonds. The van der Waals surface area contributed by atoms with Crippen LogP contribution in [-0.4, -0.2) is 35.7 Å². The van der Waals surface area contributed by atoms with E-state index in [0.717, 1.165) is 16.8 Å². The van der Waals surface area contributed by atoms with Crippen molar-refractivity contribution in [2.45, 2.75) is 31.5 Å². The average molecular weight is 443 g/mol. The molecular weight excluding hydrogens is 416 g/mol. The molecule has 3 aromatic carbocycles. The number of carbonyl (C=O) groups excluding carboxylic acids is 2. The molecule has 0 N–H and O–H groups in total. The Morgan fingerprint density at radius 3 is 2.18 bits per heavy atom. The van der Waals surface area contributed by atoms with E-state index in [1.165, 1.54) is 4.90 Å². The number of hydrogen-bond donors (Lipinski definition) is 0. The summed E-state index contributed by atoms with van der Waals surface area (Å²) in [6, 6.07) is 28.7. The molecule has 2 aliphatic heterocycles. The lowest BCUT2D eigenvalue weighted by Crippen LogP contribution is -2.46. The van der Waals surface area contributed by atoms with E-state index in [0.29, 0.717) is 6.42 Å². The van der Waals surface area contributed by atoms with Gasteiger partial charge in [-0.25, -0.2) is 14.8 Å². The molecule has 2 heterocycles. The summed E-state index contributed by atoms with van der Waals surface area (Å²) < 4.78 is 5.33. The molecule has 2 saturated heterocycles. The highest BCUT2D eigenvalue weighted by molar-refractivity contribution is 5.96. The van der Waals surface area contributed by atoms with Gasteiger partial charge in [0.1, 0.15) is 6.61 Å². The first-order valence-electron chi connectivity index (χ1n) is 11.2. The minimum atomic E-state index is -0.585. The predicted molar refractivity (Wildman–Crippen MR) is 124 cm³/mol. The molecule has 33 heavy (non-hydrogen) atoms. The zero-order valence-corrected chi connectivity index (χ0v) is 18.4.